The quantitative estimate of drug-likeness (QED) is 0.810. The van der Waals surface area contributed by atoms with Crippen LogP contribution < -0.4 is 15.9 Å². The summed E-state index contributed by atoms with van der Waals surface area (Å²) in [4.78, 5) is 10.9. The SMILES string of the molecule is Nc1cccc(OCCn2ccc(=O)cc2)c1. The summed E-state index contributed by atoms with van der Waals surface area (Å²) >= 11 is 0. The van der Waals surface area contributed by atoms with Crippen molar-refractivity contribution in [2.45, 2.75) is 6.54 Å². The molecule has 0 spiro atoms. The second-order valence-electron chi connectivity index (χ2n) is 3.69. The van der Waals surface area contributed by atoms with Crippen LogP contribution >= 0.6 is 0 Å². The van der Waals surface area contributed by atoms with Gasteiger partial charge in [0.15, 0.2) is 5.43 Å². The highest BCUT2D eigenvalue weighted by Gasteiger charge is 1.94. The third kappa shape index (κ3) is 3.38. The molecular formula is C13H14N2O2. The number of pyridine rings is 1. The van der Waals surface area contributed by atoms with Crippen LogP contribution in [-0.4, -0.2) is 11.2 Å². The minimum atomic E-state index is 0.0120. The number of ether oxygens (including phenoxy) is 1. The average Bonchev–Trinajstić information content (AvgIpc) is 2.32. The van der Waals surface area contributed by atoms with Gasteiger partial charge in [0, 0.05) is 36.3 Å². The molecule has 2 N–H and O–H groups in total. The van der Waals surface area contributed by atoms with E-state index in [-0.39, 0.29) is 5.43 Å². The summed E-state index contributed by atoms with van der Waals surface area (Å²) in [5, 5.41) is 0. The Morgan fingerprint density at radius 1 is 1.18 bits per heavy atom. The molecule has 0 aliphatic carbocycles. The highest BCUT2D eigenvalue weighted by Crippen LogP contribution is 2.14. The lowest BCUT2D eigenvalue weighted by molar-refractivity contribution is 0.298. The number of benzene rings is 1. The third-order valence-corrected chi connectivity index (χ3v) is 2.34. The molecule has 0 bridgehead atoms. The summed E-state index contributed by atoms with van der Waals surface area (Å²) in [6.45, 7) is 1.22. The van der Waals surface area contributed by atoms with Gasteiger partial charge < -0.3 is 15.0 Å². The first kappa shape index (κ1) is 11.3. The summed E-state index contributed by atoms with van der Waals surface area (Å²) in [5.74, 6) is 0.756. The van der Waals surface area contributed by atoms with Crippen molar-refractivity contribution in [3.63, 3.8) is 0 Å². The molecule has 88 valence electrons. The van der Waals surface area contributed by atoms with Crippen LogP contribution in [0.25, 0.3) is 0 Å². The average molecular weight is 230 g/mol. The lowest BCUT2D eigenvalue weighted by Gasteiger charge is -2.08. The van der Waals surface area contributed by atoms with Gasteiger partial charge in [0.2, 0.25) is 0 Å². The molecule has 4 nitrogen and oxygen atoms in total. The molecule has 0 aliphatic rings. The van der Waals surface area contributed by atoms with E-state index in [1.54, 1.807) is 18.5 Å². The van der Waals surface area contributed by atoms with Gasteiger partial charge >= 0.3 is 0 Å². The van der Waals surface area contributed by atoms with Crippen LogP contribution in [-0.2, 0) is 6.54 Å². The van der Waals surface area contributed by atoms with Crippen molar-refractivity contribution < 1.29 is 4.74 Å². The molecule has 0 saturated heterocycles. The van der Waals surface area contributed by atoms with Crippen molar-refractivity contribution in [3.05, 3.63) is 59.0 Å². The second kappa shape index (κ2) is 5.21. The maximum absolute atomic E-state index is 10.9. The zero-order valence-electron chi connectivity index (χ0n) is 9.37. The molecule has 0 atom stereocenters. The van der Waals surface area contributed by atoms with Crippen molar-refractivity contribution in [3.8, 4) is 5.75 Å². The molecular weight excluding hydrogens is 216 g/mol. The maximum Gasteiger partial charge on any atom is 0.181 e. The van der Waals surface area contributed by atoms with Gasteiger partial charge in [-0.25, -0.2) is 0 Å². The fraction of sp³-hybridized carbons (Fsp3) is 0.154. The summed E-state index contributed by atoms with van der Waals surface area (Å²) in [6, 6.07) is 10.4. The lowest BCUT2D eigenvalue weighted by Crippen LogP contribution is -2.10. The smallest absolute Gasteiger partial charge is 0.181 e. The van der Waals surface area contributed by atoms with Gasteiger partial charge in [-0.1, -0.05) is 6.07 Å². The van der Waals surface area contributed by atoms with Crippen molar-refractivity contribution >= 4 is 5.69 Å². The van der Waals surface area contributed by atoms with Crippen molar-refractivity contribution in [1.29, 1.82) is 0 Å². The van der Waals surface area contributed by atoms with Crippen molar-refractivity contribution in [1.82, 2.24) is 4.57 Å². The molecule has 0 saturated carbocycles. The van der Waals surface area contributed by atoms with Crippen LogP contribution in [0.1, 0.15) is 0 Å². The van der Waals surface area contributed by atoms with E-state index in [2.05, 4.69) is 0 Å². The van der Waals surface area contributed by atoms with Gasteiger partial charge in [-0.15, -0.1) is 0 Å². The molecule has 0 amide bonds. The van der Waals surface area contributed by atoms with Gasteiger partial charge in [-0.2, -0.15) is 0 Å². The standard InChI is InChI=1S/C13H14N2O2/c14-11-2-1-3-13(10-11)17-9-8-15-6-4-12(16)5-7-15/h1-7,10H,8-9,14H2. The molecule has 0 radical (unpaired) electrons. The monoisotopic (exact) mass is 230 g/mol. The van der Waals surface area contributed by atoms with Crippen LogP contribution in [0, 0.1) is 0 Å². The minimum Gasteiger partial charge on any atom is -0.492 e. The lowest BCUT2D eigenvalue weighted by atomic mass is 10.3. The Morgan fingerprint density at radius 3 is 2.65 bits per heavy atom. The highest BCUT2D eigenvalue weighted by molar-refractivity contribution is 5.43. The number of rotatable bonds is 4. The largest absolute Gasteiger partial charge is 0.492 e. The Balaban J connectivity index is 1.87. The van der Waals surface area contributed by atoms with Crippen LogP contribution in [0.15, 0.2) is 53.6 Å². The van der Waals surface area contributed by atoms with E-state index >= 15 is 0 Å². The molecule has 0 fully saturated rings. The van der Waals surface area contributed by atoms with E-state index in [1.807, 2.05) is 22.8 Å². The van der Waals surface area contributed by atoms with Gasteiger partial charge in [-0.3, -0.25) is 4.79 Å². The summed E-state index contributed by atoms with van der Waals surface area (Å²) in [6.07, 6.45) is 3.48. The van der Waals surface area contributed by atoms with E-state index < -0.39 is 0 Å². The fourth-order valence-corrected chi connectivity index (χ4v) is 1.47. The highest BCUT2D eigenvalue weighted by atomic mass is 16.5. The Bertz CT molecular complexity index is 529. The van der Waals surface area contributed by atoms with Crippen LogP contribution in [0.2, 0.25) is 0 Å². The zero-order chi connectivity index (χ0) is 12.1. The minimum absolute atomic E-state index is 0.0120. The number of hydrogen-bond donors (Lipinski definition) is 1. The van der Waals surface area contributed by atoms with E-state index in [0.29, 0.717) is 18.8 Å². The topological polar surface area (TPSA) is 57.2 Å². The first-order valence-electron chi connectivity index (χ1n) is 5.38. The third-order valence-electron chi connectivity index (χ3n) is 2.34. The molecule has 0 aliphatic heterocycles. The molecule has 2 aromatic rings. The van der Waals surface area contributed by atoms with E-state index in [9.17, 15) is 4.79 Å². The van der Waals surface area contributed by atoms with Gasteiger partial charge in [0.05, 0.1) is 6.54 Å². The van der Waals surface area contributed by atoms with Crippen LogP contribution in [0.5, 0.6) is 5.75 Å². The predicted molar refractivity (Wildman–Crippen MR) is 67.1 cm³/mol. The van der Waals surface area contributed by atoms with Gasteiger partial charge in [0.1, 0.15) is 12.4 Å². The van der Waals surface area contributed by atoms with Gasteiger partial charge in [-0.05, 0) is 12.1 Å². The van der Waals surface area contributed by atoms with E-state index in [1.165, 1.54) is 12.1 Å². The molecule has 2 rings (SSSR count). The predicted octanol–water partition coefficient (Wildman–Crippen LogP) is 1.51. The Morgan fingerprint density at radius 2 is 1.94 bits per heavy atom. The van der Waals surface area contributed by atoms with Crippen LogP contribution in [0.4, 0.5) is 5.69 Å². The molecule has 0 unspecified atom stereocenters. The van der Waals surface area contributed by atoms with Crippen LogP contribution in [0.3, 0.4) is 0 Å². The Hall–Kier alpha value is -2.23. The maximum atomic E-state index is 10.9. The number of anilines is 1. The number of nitrogens with zero attached hydrogens (tertiary/aromatic N) is 1. The van der Waals surface area contributed by atoms with E-state index in [4.69, 9.17) is 10.5 Å². The number of aromatic nitrogens is 1. The molecule has 4 heteroatoms. The second-order valence-corrected chi connectivity index (χ2v) is 3.69. The Kier molecular flexibility index (Phi) is 3.45. The van der Waals surface area contributed by atoms with Crippen molar-refractivity contribution in [2.24, 2.45) is 0 Å². The molecule has 1 heterocycles. The summed E-state index contributed by atoms with van der Waals surface area (Å²) in [7, 11) is 0. The number of nitrogens with two attached hydrogens (primary N) is 1. The first-order valence-corrected chi connectivity index (χ1v) is 5.38. The zero-order valence-corrected chi connectivity index (χ0v) is 9.37. The normalized spacial score (nSPS) is 10.1. The number of nitrogen functional groups attached to an aromatic ring is 1. The summed E-state index contributed by atoms with van der Waals surface area (Å²) < 4.78 is 7.44. The van der Waals surface area contributed by atoms with E-state index in [0.717, 1.165) is 5.75 Å². The molecule has 1 aromatic carbocycles. The van der Waals surface area contributed by atoms with Crippen molar-refractivity contribution in [2.75, 3.05) is 12.3 Å². The molecule has 17 heavy (non-hydrogen) atoms. The Labute approximate surface area is 99.3 Å². The molecule has 1 aromatic heterocycles. The van der Waals surface area contributed by atoms with Gasteiger partial charge in [0.25, 0.3) is 0 Å². The first-order chi connectivity index (χ1) is 8.24. The summed E-state index contributed by atoms with van der Waals surface area (Å²) in [5.41, 5.74) is 6.34. The number of hydrogen-bond acceptors (Lipinski definition) is 3. The fourth-order valence-electron chi connectivity index (χ4n) is 1.47.